The smallest absolute Gasteiger partial charge is 0.102 e. The highest BCUT2D eigenvalue weighted by molar-refractivity contribution is 4.70. The van der Waals surface area contributed by atoms with Gasteiger partial charge in [0.2, 0.25) is 0 Å². The maximum absolute atomic E-state index is 11.9. The zero-order valence-corrected chi connectivity index (χ0v) is 11.2. The average Bonchev–Trinajstić information content (AvgIpc) is 2.36. The SMILES string of the molecule is CC.CC.CCN1CCN(CCF)CC1. The Labute approximate surface area is 95.4 Å². The van der Waals surface area contributed by atoms with Crippen LogP contribution in [0.1, 0.15) is 34.6 Å². The summed E-state index contributed by atoms with van der Waals surface area (Å²) in [6.45, 7) is 16.0. The second kappa shape index (κ2) is 13.8. The van der Waals surface area contributed by atoms with Crippen LogP contribution in [-0.2, 0) is 0 Å². The molecule has 0 N–H and O–H groups in total. The van der Waals surface area contributed by atoms with Crippen LogP contribution in [0, 0.1) is 0 Å². The van der Waals surface area contributed by atoms with Gasteiger partial charge in [0.05, 0.1) is 0 Å². The first-order valence-electron chi connectivity index (χ1n) is 6.37. The average molecular weight is 220 g/mol. The Balaban J connectivity index is 0. The number of alkyl halides is 1. The number of halogens is 1. The first-order chi connectivity index (χ1) is 7.36. The summed E-state index contributed by atoms with van der Waals surface area (Å²) < 4.78 is 11.9. The maximum atomic E-state index is 11.9. The molecule has 0 aromatic heterocycles. The van der Waals surface area contributed by atoms with Crippen LogP contribution < -0.4 is 0 Å². The molecule has 0 aromatic rings. The first-order valence-corrected chi connectivity index (χ1v) is 6.37. The van der Waals surface area contributed by atoms with E-state index in [-0.39, 0.29) is 6.67 Å². The summed E-state index contributed by atoms with van der Waals surface area (Å²) in [7, 11) is 0. The summed E-state index contributed by atoms with van der Waals surface area (Å²) in [4.78, 5) is 4.58. The van der Waals surface area contributed by atoms with Gasteiger partial charge < -0.3 is 4.90 Å². The highest BCUT2D eigenvalue weighted by atomic mass is 19.1. The van der Waals surface area contributed by atoms with Crippen molar-refractivity contribution < 1.29 is 4.39 Å². The second-order valence-corrected chi connectivity index (χ2v) is 2.96. The van der Waals surface area contributed by atoms with Gasteiger partial charge in [-0.3, -0.25) is 4.90 Å². The van der Waals surface area contributed by atoms with Crippen molar-refractivity contribution in [3.8, 4) is 0 Å². The number of piperazine rings is 1. The molecule has 3 heteroatoms. The fourth-order valence-corrected chi connectivity index (χ4v) is 1.45. The summed E-state index contributed by atoms with van der Waals surface area (Å²) in [6, 6.07) is 0. The molecule has 0 amide bonds. The molecule has 1 aliphatic heterocycles. The lowest BCUT2D eigenvalue weighted by Crippen LogP contribution is -2.46. The monoisotopic (exact) mass is 220 g/mol. The van der Waals surface area contributed by atoms with Gasteiger partial charge in [-0.15, -0.1) is 0 Å². The molecule has 0 aromatic carbocycles. The molecule has 0 aliphatic carbocycles. The zero-order chi connectivity index (χ0) is 12.1. The van der Waals surface area contributed by atoms with Crippen molar-refractivity contribution in [1.29, 1.82) is 0 Å². The number of nitrogens with zero attached hydrogens (tertiary/aromatic N) is 2. The van der Waals surface area contributed by atoms with Crippen LogP contribution in [0.2, 0.25) is 0 Å². The molecule has 0 spiro atoms. The Kier molecular flexibility index (Phi) is 15.9. The molecular formula is C12H29FN2. The van der Waals surface area contributed by atoms with E-state index < -0.39 is 0 Å². The van der Waals surface area contributed by atoms with Crippen molar-refractivity contribution in [3.63, 3.8) is 0 Å². The van der Waals surface area contributed by atoms with Crippen molar-refractivity contribution >= 4 is 0 Å². The largest absolute Gasteiger partial charge is 0.301 e. The molecule has 0 unspecified atom stereocenters. The molecule has 0 atom stereocenters. The predicted molar refractivity (Wildman–Crippen MR) is 67.2 cm³/mol. The Morgan fingerprint density at radius 3 is 1.60 bits per heavy atom. The summed E-state index contributed by atoms with van der Waals surface area (Å²) in [5.41, 5.74) is 0. The summed E-state index contributed by atoms with van der Waals surface area (Å²) in [5.74, 6) is 0. The van der Waals surface area contributed by atoms with E-state index in [4.69, 9.17) is 0 Å². The molecule has 2 nitrogen and oxygen atoms in total. The van der Waals surface area contributed by atoms with Crippen molar-refractivity contribution in [2.75, 3.05) is 45.9 Å². The van der Waals surface area contributed by atoms with Crippen LogP contribution in [0.3, 0.4) is 0 Å². The highest BCUT2D eigenvalue weighted by Crippen LogP contribution is 1.99. The molecule has 1 saturated heterocycles. The van der Waals surface area contributed by atoms with Gasteiger partial charge in [-0.05, 0) is 6.54 Å². The summed E-state index contributed by atoms with van der Waals surface area (Å²) in [6.07, 6.45) is 0. The lowest BCUT2D eigenvalue weighted by molar-refractivity contribution is 0.130. The Hall–Kier alpha value is -0.150. The molecule has 0 bridgehead atoms. The number of rotatable bonds is 3. The third-order valence-corrected chi connectivity index (χ3v) is 2.31. The zero-order valence-electron chi connectivity index (χ0n) is 11.2. The maximum Gasteiger partial charge on any atom is 0.102 e. The van der Waals surface area contributed by atoms with E-state index >= 15 is 0 Å². The standard InChI is InChI=1S/C8H17FN2.2C2H6/c1-2-10-5-7-11(4-3-9)8-6-10;2*1-2/h2-8H2,1H3;2*1-2H3. The Morgan fingerprint density at radius 2 is 1.27 bits per heavy atom. The van der Waals surface area contributed by atoms with E-state index in [1.165, 1.54) is 0 Å². The van der Waals surface area contributed by atoms with Crippen LogP contribution >= 0.6 is 0 Å². The molecule has 0 radical (unpaired) electrons. The van der Waals surface area contributed by atoms with Gasteiger partial charge in [-0.2, -0.15) is 0 Å². The molecule has 94 valence electrons. The first kappa shape index (κ1) is 17.3. The topological polar surface area (TPSA) is 6.48 Å². The van der Waals surface area contributed by atoms with Crippen LogP contribution in [0.4, 0.5) is 4.39 Å². The second-order valence-electron chi connectivity index (χ2n) is 2.96. The van der Waals surface area contributed by atoms with Gasteiger partial charge in [-0.1, -0.05) is 34.6 Å². The normalized spacial score (nSPS) is 17.2. The summed E-state index contributed by atoms with van der Waals surface area (Å²) >= 11 is 0. The lowest BCUT2D eigenvalue weighted by atomic mass is 10.3. The quantitative estimate of drug-likeness (QED) is 0.721. The Bertz CT molecular complexity index is 102. The molecule has 1 aliphatic rings. The van der Waals surface area contributed by atoms with E-state index in [0.717, 1.165) is 32.7 Å². The van der Waals surface area contributed by atoms with Gasteiger partial charge >= 0.3 is 0 Å². The van der Waals surface area contributed by atoms with Gasteiger partial charge in [0, 0.05) is 32.7 Å². The van der Waals surface area contributed by atoms with Gasteiger partial charge in [0.1, 0.15) is 6.67 Å². The van der Waals surface area contributed by atoms with E-state index in [2.05, 4.69) is 16.7 Å². The highest BCUT2D eigenvalue weighted by Gasteiger charge is 2.13. The fourth-order valence-electron chi connectivity index (χ4n) is 1.45. The third-order valence-electron chi connectivity index (χ3n) is 2.31. The van der Waals surface area contributed by atoms with Crippen molar-refractivity contribution in [2.45, 2.75) is 34.6 Å². The number of hydrogen-bond acceptors (Lipinski definition) is 2. The Morgan fingerprint density at radius 1 is 0.867 bits per heavy atom. The molecule has 0 saturated carbocycles. The van der Waals surface area contributed by atoms with Crippen LogP contribution in [0.25, 0.3) is 0 Å². The van der Waals surface area contributed by atoms with E-state index in [9.17, 15) is 4.39 Å². The molecule has 1 fully saturated rings. The third kappa shape index (κ3) is 8.82. The van der Waals surface area contributed by atoms with Crippen molar-refractivity contribution in [1.82, 2.24) is 9.80 Å². The minimum absolute atomic E-state index is 0.202. The van der Waals surface area contributed by atoms with Crippen molar-refractivity contribution in [2.24, 2.45) is 0 Å². The molecule has 1 heterocycles. The van der Waals surface area contributed by atoms with Gasteiger partial charge in [0.15, 0.2) is 0 Å². The van der Waals surface area contributed by atoms with Gasteiger partial charge in [-0.25, -0.2) is 4.39 Å². The van der Waals surface area contributed by atoms with Gasteiger partial charge in [0.25, 0.3) is 0 Å². The summed E-state index contributed by atoms with van der Waals surface area (Å²) in [5, 5.41) is 0. The molecular weight excluding hydrogens is 191 g/mol. The molecule has 15 heavy (non-hydrogen) atoms. The predicted octanol–water partition coefficient (Wildman–Crippen LogP) is 2.65. The van der Waals surface area contributed by atoms with E-state index in [1.54, 1.807) is 0 Å². The van der Waals surface area contributed by atoms with Crippen molar-refractivity contribution in [3.05, 3.63) is 0 Å². The molecule has 1 rings (SSSR count). The lowest BCUT2D eigenvalue weighted by Gasteiger charge is -2.33. The number of likely N-dealkylation sites (N-methyl/N-ethyl adjacent to an activating group) is 1. The fraction of sp³-hybridized carbons (Fsp3) is 1.00. The minimum atomic E-state index is -0.202. The minimum Gasteiger partial charge on any atom is -0.301 e. The van der Waals surface area contributed by atoms with E-state index in [1.807, 2.05) is 27.7 Å². The van der Waals surface area contributed by atoms with Crippen LogP contribution in [-0.4, -0.2) is 55.7 Å². The van der Waals surface area contributed by atoms with Crippen LogP contribution in [0.5, 0.6) is 0 Å². The van der Waals surface area contributed by atoms with Crippen LogP contribution in [0.15, 0.2) is 0 Å². The van der Waals surface area contributed by atoms with E-state index in [0.29, 0.717) is 6.54 Å². The number of hydrogen-bond donors (Lipinski definition) is 0.